The lowest BCUT2D eigenvalue weighted by Gasteiger charge is -2.44. The third-order valence-corrected chi connectivity index (χ3v) is 8.26. The smallest absolute Gasteiger partial charge is 0.383 e. The third kappa shape index (κ3) is 3.72. The summed E-state index contributed by atoms with van der Waals surface area (Å²) >= 11 is 6.55. The molecule has 166 valence electrons. The van der Waals surface area contributed by atoms with Gasteiger partial charge in [-0.1, -0.05) is 29.8 Å². The van der Waals surface area contributed by atoms with Crippen LogP contribution in [0.5, 0.6) is 0 Å². The monoisotopic (exact) mass is 472 g/mol. The van der Waals surface area contributed by atoms with E-state index in [0.717, 1.165) is 11.1 Å². The van der Waals surface area contributed by atoms with Gasteiger partial charge in [0.25, 0.3) is 0 Å². The van der Waals surface area contributed by atoms with Crippen LogP contribution in [-0.4, -0.2) is 36.9 Å². The Morgan fingerprint density at radius 3 is 2.48 bits per heavy atom. The predicted molar refractivity (Wildman–Crippen MR) is 112 cm³/mol. The van der Waals surface area contributed by atoms with Crippen LogP contribution in [0.15, 0.2) is 40.2 Å². The number of aliphatic hydroxyl groups is 1. The van der Waals surface area contributed by atoms with E-state index in [1.807, 2.05) is 12.1 Å². The molecule has 0 amide bonds. The van der Waals surface area contributed by atoms with E-state index in [4.69, 9.17) is 17.3 Å². The van der Waals surface area contributed by atoms with Gasteiger partial charge in [0.2, 0.25) is 0 Å². The van der Waals surface area contributed by atoms with Crippen molar-refractivity contribution < 1.29 is 26.7 Å². The number of benzene rings is 2. The molecule has 1 aliphatic heterocycles. The van der Waals surface area contributed by atoms with E-state index >= 15 is 0 Å². The van der Waals surface area contributed by atoms with Gasteiger partial charge in [-0.25, -0.2) is 8.42 Å². The van der Waals surface area contributed by atoms with Crippen LogP contribution in [0.1, 0.15) is 29.5 Å². The lowest BCUT2D eigenvalue weighted by molar-refractivity contribution is -0.296. The van der Waals surface area contributed by atoms with E-state index in [0.29, 0.717) is 34.1 Å². The Morgan fingerprint density at radius 1 is 1.23 bits per heavy atom. The Hall–Kier alpha value is -2.10. The zero-order valence-corrected chi connectivity index (χ0v) is 18.1. The van der Waals surface area contributed by atoms with Crippen molar-refractivity contribution in [2.24, 2.45) is 16.6 Å². The van der Waals surface area contributed by atoms with Gasteiger partial charge in [0.05, 0.1) is 22.2 Å². The van der Waals surface area contributed by atoms with Crippen molar-refractivity contribution in [2.75, 3.05) is 5.75 Å². The molecule has 0 spiro atoms. The number of hydrogen-bond acceptors (Lipinski definition) is 5. The molecule has 0 radical (unpaired) electrons. The first-order chi connectivity index (χ1) is 14.3. The molecule has 2 aromatic rings. The Morgan fingerprint density at radius 2 is 1.87 bits per heavy atom. The summed E-state index contributed by atoms with van der Waals surface area (Å²) in [5.41, 5.74) is 6.79. The zero-order chi connectivity index (χ0) is 22.8. The van der Waals surface area contributed by atoms with E-state index < -0.39 is 46.1 Å². The lowest BCUT2D eigenvalue weighted by atomic mass is 9.71. The number of nitrogens with zero attached hydrogens (tertiary/aromatic N) is 1. The summed E-state index contributed by atoms with van der Waals surface area (Å²) in [5.74, 6) is -0.834. The number of aryl methyl sites for hydroxylation is 1. The quantitative estimate of drug-likeness (QED) is 0.703. The number of fused-ring (bicyclic) bond motifs is 1. The fraction of sp³-hybridized carbons (Fsp3) is 0.381. The standard InChI is InChI=1S/C21H20ClF3N2O3S/c1-11-6-14(31(29,30)10-12-7-20(28,8-12)21(23,24)25)3-5-15(11)16-4-2-13-9-27-19(26)17(13)18(16)22/h2-6,12,28H,7-10H2,1H3,(H2,26,27). The first-order valence-electron chi connectivity index (χ1n) is 9.57. The summed E-state index contributed by atoms with van der Waals surface area (Å²) in [5, 5.41) is 9.99. The molecule has 31 heavy (non-hydrogen) atoms. The second-order valence-corrected chi connectivity index (χ2v) is 10.6. The molecule has 0 atom stereocenters. The Bertz CT molecular complexity index is 1200. The van der Waals surface area contributed by atoms with Crippen molar-refractivity contribution in [1.82, 2.24) is 0 Å². The zero-order valence-electron chi connectivity index (χ0n) is 16.5. The van der Waals surface area contributed by atoms with Gasteiger partial charge < -0.3 is 10.8 Å². The third-order valence-electron chi connectivity index (χ3n) is 5.99. The highest BCUT2D eigenvalue weighted by atomic mass is 35.5. The highest BCUT2D eigenvalue weighted by Gasteiger charge is 2.61. The van der Waals surface area contributed by atoms with E-state index in [2.05, 4.69) is 4.99 Å². The number of halogens is 4. The van der Waals surface area contributed by atoms with Crippen molar-refractivity contribution in [3.8, 4) is 11.1 Å². The molecular formula is C21H20ClF3N2O3S. The molecule has 3 N–H and O–H groups in total. The van der Waals surface area contributed by atoms with Crippen LogP contribution in [0.4, 0.5) is 13.2 Å². The second kappa shape index (κ2) is 7.21. The molecule has 0 unspecified atom stereocenters. The van der Waals surface area contributed by atoms with Crippen molar-refractivity contribution in [2.45, 2.75) is 43.0 Å². The Kier molecular flexibility index (Phi) is 5.14. The maximum Gasteiger partial charge on any atom is 0.417 e. The first kappa shape index (κ1) is 22.1. The lowest BCUT2D eigenvalue weighted by Crippen LogP contribution is -2.56. The fourth-order valence-corrected chi connectivity index (χ4v) is 6.33. The van der Waals surface area contributed by atoms with Crippen molar-refractivity contribution >= 4 is 27.3 Å². The molecular weight excluding hydrogens is 453 g/mol. The number of aliphatic imine (C=N–C) groups is 1. The molecule has 4 rings (SSSR count). The molecule has 1 heterocycles. The molecule has 5 nitrogen and oxygen atoms in total. The molecule has 1 aliphatic carbocycles. The highest BCUT2D eigenvalue weighted by Crippen LogP contribution is 2.49. The number of nitrogens with two attached hydrogens (primary N) is 1. The largest absolute Gasteiger partial charge is 0.417 e. The average Bonchev–Trinajstić information content (AvgIpc) is 3.02. The molecule has 1 saturated carbocycles. The summed E-state index contributed by atoms with van der Waals surface area (Å²) in [6.07, 6.45) is -5.98. The SMILES string of the molecule is Cc1cc(S(=O)(=O)CC2CC(O)(C(F)(F)F)C2)ccc1-c1ccc2c(c1Cl)C(N)=NC2. The van der Waals surface area contributed by atoms with Crippen LogP contribution >= 0.6 is 11.6 Å². The summed E-state index contributed by atoms with van der Waals surface area (Å²) < 4.78 is 63.8. The summed E-state index contributed by atoms with van der Waals surface area (Å²) in [6.45, 7) is 2.20. The van der Waals surface area contributed by atoms with Gasteiger partial charge in [0.15, 0.2) is 15.4 Å². The number of alkyl halides is 3. The van der Waals surface area contributed by atoms with Crippen LogP contribution in [0.25, 0.3) is 11.1 Å². The molecule has 0 saturated heterocycles. The van der Waals surface area contributed by atoms with Crippen molar-refractivity contribution in [3.63, 3.8) is 0 Å². The minimum Gasteiger partial charge on any atom is -0.383 e. The van der Waals surface area contributed by atoms with E-state index in [9.17, 15) is 26.7 Å². The topological polar surface area (TPSA) is 92.8 Å². The highest BCUT2D eigenvalue weighted by molar-refractivity contribution is 7.91. The molecule has 0 bridgehead atoms. The van der Waals surface area contributed by atoms with Gasteiger partial charge >= 0.3 is 6.18 Å². The van der Waals surface area contributed by atoms with Gasteiger partial charge in [0, 0.05) is 11.1 Å². The van der Waals surface area contributed by atoms with Crippen molar-refractivity contribution in [3.05, 3.63) is 52.0 Å². The molecule has 1 fully saturated rings. The van der Waals surface area contributed by atoms with E-state index in [1.54, 1.807) is 13.0 Å². The maximum absolute atomic E-state index is 12.8. The van der Waals surface area contributed by atoms with Crippen LogP contribution in [-0.2, 0) is 16.4 Å². The molecule has 0 aromatic heterocycles. The second-order valence-electron chi connectivity index (χ2n) is 8.22. The Labute approximate surface area is 182 Å². The van der Waals surface area contributed by atoms with Crippen molar-refractivity contribution in [1.29, 1.82) is 0 Å². The van der Waals surface area contributed by atoms with Crippen LogP contribution in [0.3, 0.4) is 0 Å². The van der Waals surface area contributed by atoms with Crippen LogP contribution in [0, 0.1) is 12.8 Å². The molecule has 2 aliphatic rings. The van der Waals surface area contributed by atoms with Gasteiger partial charge in [-0.15, -0.1) is 0 Å². The summed E-state index contributed by atoms with van der Waals surface area (Å²) in [6, 6.07) is 8.25. The summed E-state index contributed by atoms with van der Waals surface area (Å²) in [7, 11) is -3.82. The Balaban J connectivity index is 1.58. The normalized spacial score (nSPS) is 23.3. The fourth-order valence-electron chi connectivity index (χ4n) is 4.27. The van der Waals surface area contributed by atoms with E-state index in [1.165, 1.54) is 12.1 Å². The first-order valence-corrected chi connectivity index (χ1v) is 11.6. The predicted octanol–water partition coefficient (Wildman–Crippen LogP) is 4.01. The maximum atomic E-state index is 12.8. The van der Waals surface area contributed by atoms with E-state index in [-0.39, 0.29) is 4.90 Å². The number of amidine groups is 1. The average molecular weight is 473 g/mol. The van der Waals surface area contributed by atoms with Crippen LogP contribution < -0.4 is 5.73 Å². The van der Waals surface area contributed by atoms with Gasteiger partial charge in [-0.2, -0.15) is 13.2 Å². The molecule has 10 heteroatoms. The minimum atomic E-state index is -4.76. The number of rotatable bonds is 4. The van der Waals surface area contributed by atoms with Crippen LogP contribution in [0.2, 0.25) is 5.02 Å². The van der Waals surface area contributed by atoms with Gasteiger partial charge in [-0.3, -0.25) is 4.99 Å². The number of hydrogen-bond donors (Lipinski definition) is 2. The minimum absolute atomic E-state index is 0.0227. The number of sulfone groups is 1. The van der Waals surface area contributed by atoms with Gasteiger partial charge in [0.1, 0.15) is 5.84 Å². The molecule has 2 aromatic carbocycles. The summed E-state index contributed by atoms with van der Waals surface area (Å²) in [4.78, 5) is 4.20. The van der Waals surface area contributed by atoms with Gasteiger partial charge in [-0.05, 0) is 54.5 Å².